The fraction of sp³-hybridized carbons (Fsp3) is 0.429. The van der Waals surface area contributed by atoms with Crippen molar-refractivity contribution >= 4 is 10.9 Å². The molecule has 0 spiro atoms. The van der Waals surface area contributed by atoms with Crippen molar-refractivity contribution in [2.75, 3.05) is 6.54 Å². The van der Waals surface area contributed by atoms with E-state index in [1.165, 1.54) is 36.0 Å². The van der Waals surface area contributed by atoms with Gasteiger partial charge >= 0.3 is 0 Å². The van der Waals surface area contributed by atoms with Crippen LogP contribution in [-0.2, 0) is 13.0 Å². The topological polar surface area (TPSA) is 79.7 Å². The van der Waals surface area contributed by atoms with Crippen LogP contribution in [0, 0.1) is 13.8 Å². The zero-order valence-corrected chi connectivity index (χ0v) is 20.5. The number of H-pyrrole nitrogens is 1. The number of aryl methyl sites for hydroxylation is 2. The van der Waals surface area contributed by atoms with Crippen molar-refractivity contribution in [3.63, 3.8) is 0 Å². The molecule has 1 aliphatic heterocycles. The lowest BCUT2D eigenvalue weighted by Crippen LogP contribution is -2.39. The highest BCUT2D eigenvalue weighted by Crippen LogP contribution is 2.35. The summed E-state index contributed by atoms with van der Waals surface area (Å²) in [5, 5.41) is 14.2. The molecule has 0 unspecified atom stereocenters. The van der Waals surface area contributed by atoms with E-state index in [2.05, 4.69) is 74.8 Å². The SMILES string of the molecule is Cc1cc(C)c2[nH]c(=O)c([C@@H](c3nnnn3C3CCCCC3)N3CCc4ccccc4C3)cc2c1. The van der Waals surface area contributed by atoms with Crippen LogP contribution in [0.15, 0.2) is 47.3 Å². The summed E-state index contributed by atoms with van der Waals surface area (Å²) in [7, 11) is 0. The largest absolute Gasteiger partial charge is 0.321 e. The van der Waals surface area contributed by atoms with Crippen LogP contribution >= 0.6 is 0 Å². The molecule has 4 aromatic rings. The van der Waals surface area contributed by atoms with Gasteiger partial charge in [-0.3, -0.25) is 9.69 Å². The third-order valence-corrected chi connectivity index (χ3v) is 7.83. The molecule has 0 bridgehead atoms. The monoisotopic (exact) mass is 468 g/mol. The average molecular weight is 469 g/mol. The summed E-state index contributed by atoms with van der Waals surface area (Å²) in [5.41, 5.74) is 6.51. The van der Waals surface area contributed by atoms with E-state index in [1.807, 2.05) is 11.6 Å². The van der Waals surface area contributed by atoms with Crippen LogP contribution in [0.25, 0.3) is 10.9 Å². The van der Waals surface area contributed by atoms with Gasteiger partial charge in [0, 0.05) is 18.7 Å². The molecular weight excluding hydrogens is 436 g/mol. The first-order chi connectivity index (χ1) is 17.1. The van der Waals surface area contributed by atoms with Gasteiger partial charge in [-0.1, -0.05) is 55.2 Å². The smallest absolute Gasteiger partial charge is 0.253 e. The number of hydrogen-bond acceptors (Lipinski definition) is 5. The van der Waals surface area contributed by atoms with Crippen molar-refractivity contribution in [1.82, 2.24) is 30.1 Å². The first-order valence-corrected chi connectivity index (χ1v) is 12.8. The standard InChI is InChI=1S/C28H32N6O/c1-18-14-19(2)25-22(15-18)16-24(28(35)29-25)26(33-13-12-20-8-6-7-9-21(20)17-33)27-30-31-32-34(27)23-10-4-3-5-11-23/h6-9,14-16,23,26H,3-5,10-13,17H2,1-2H3,(H,29,35)/t26-/m0/s1. The van der Waals surface area contributed by atoms with E-state index in [4.69, 9.17) is 0 Å². The summed E-state index contributed by atoms with van der Waals surface area (Å²) >= 11 is 0. The van der Waals surface area contributed by atoms with E-state index in [0.717, 1.165) is 54.6 Å². The van der Waals surface area contributed by atoms with Gasteiger partial charge in [-0.15, -0.1) is 5.10 Å². The molecule has 2 aromatic carbocycles. The molecule has 1 N–H and O–H groups in total. The summed E-state index contributed by atoms with van der Waals surface area (Å²) in [6.07, 6.45) is 6.77. The Morgan fingerprint density at radius 1 is 1.03 bits per heavy atom. The molecule has 2 aliphatic rings. The van der Waals surface area contributed by atoms with E-state index >= 15 is 0 Å². The Morgan fingerprint density at radius 3 is 2.66 bits per heavy atom. The minimum Gasteiger partial charge on any atom is -0.321 e. The van der Waals surface area contributed by atoms with Crippen molar-refractivity contribution in [1.29, 1.82) is 0 Å². The number of pyridine rings is 1. The van der Waals surface area contributed by atoms with E-state index in [1.54, 1.807) is 0 Å². The second-order valence-electron chi connectivity index (χ2n) is 10.3. The van der Waals surface area contributed by atoms with Gasteiger partial charge in [0.25, 0.3) is 5.56 Å². The third-order valence-electron chi connectivity index (χ3n) is 7.83. The van der Waals surface area contributed by atoms with Gasteiger partial charge in [0.2, 0.25) is 0 Å². The first kappa shape index (κ1) is 22.2. The number of nitrogens with one attached hydrogen (secondary N) is 1. The van der Waals surface area contributed by atoms with Crippen LogP contribution in [0.2, 0.25) is 0 Å². The van der Waals surface area contributed by atoms with Crippen LogP contribution in [0.3, 0.4) is 0 Å². The Hall–Kier alpha value is -3.32. The van der Waals surface area contributed by atoms with Crippen molar-refractivity contribution in [3.8, 4) is 0 Å². The fourth-order valence-electron chi connectivity index (χ4n) is 6.11. The van der Waals surface area contributed by atoms with Gasteiger partial charge in [0.15, 0.2) is 5.82 Å². The Labute approximate surface area is 205 Å². The van der Waals surface area contributed by atoms with Crippen LogP contribution in [0.5, 0.6) is 0 Å². The molecule has 7 nitrogen and oxygen atoms in total. The van der Waals surface area contributed by atoms with Crippen LogP contribution < -0.4 is 5.56 Å². The van der Waals surface area contributed by atoms with Crippen LogP contribution in [0.4, 0.5) is 0 Å². The van der Waals surface area contributed by atoms with Crippen LogP contribution in [0.1, 0.15) is 77.8 Å². The number of tetrazole rings is 1. The van der Waals surface area contributed by atoms with E-state index in [9.17, 15) is 4.79 Å². The molecule has 6 rings (SSSR count). The fourth-order valence-corrected chi connectivity index (χ4v) is 6.11. The number of nitrogens with zero attached hydrogens (tertiary/aromatic N) is 5. The highest BCUT2D eigenvalue weighted by molar-refractivity contribution is 5.83. The normalized spacial score (nSPS) is 18.0. The molecule has 0 saturated heterocycles. The number of rotatable bonds is 4. The average Bonchev–Trinajstić information content (AvgIpc) is 3.35. The molecule has 35 heavy (non-hydrogen) atoms. The highest BCUT2D eigenvalue weighted by atomic mass is 16.1. The molecule has 3 heterocycles. The number of aromatic nitrogens is 5. The maximum absolute atomic E-state index is 13.6. The van der Waals surface area contributed by atoms with Crippen molar-refractivity contribution in [2.24, 2.45) is 0 Å². The predicted octanol–water partition coefficient (Wildman–Crippen LogP) is 4.78. The summed E-state index contributed by atoms with van der Waals surface area (Å²) < 4.78 is 2.02. The summed E-state index contributed by atoms with van der Waals surface area (Å²) in [4.78, 5) is 19.2. The Morgan fingerprint density at radius 2 is 1.83 bits per heavy atom. The van der Waals surface area contributed by atoms with Gasteiger partial charge in [-0.2, -0.15) is 0 Å². The van der Waals surface area contributed by atoms with E-state index < -0.39 is 0 Å². The van der Waals surface area contributed by atoms with Crippen molar-refractivity contribution in [3.05, 3.63) is 86.5 Å². The number of aromatic amines is 1. The van der Waals surface area contributed by atoms with E-state index in [-0.39, 0.29) is 17.6 Å². The Bertz CT molecular complexity index is 1430. The maximum atomic E-state index is 13.6. The lowest BCUT2D eigenvalue weighted by atomic mass is 9.93. The Kier molecular flexibility index (Phi) is 5.72. The van der Waals surface area contributed by atoms with Crippen LogP contribution in [-0.4, -0.2) is 36.6 Å². The van der Waals surface area contributed by atoms with Crippen molar-refractivity contribution < 1.29 is 0 Å². The zero-order valence-electron chi connectivity index (χ0n) is 20.5. The Balaban J connectivity index is 1.51. The minimum absolute atomic E-state index is 0.0634. The first-order valence-electron chi connectivity index (χ1n) is 12.8. The van der Waals surface area contributed by atoms with Gasteiger partial charge in [-0.05, 0) is 77.7 Å². The summed E-state index contributed by atoms with van der Waals surface area (Å²) in [5.74, 6) is 0.783. The molecule has 1 fully saturated rings. The second kappa shape index (κ2) is 9.04. The number of hydrogen-bond donors (Lipinski definition) is 1. The predicted molar refractivity (Wildman–Crippen MR) is 136 cm³/mol. The number of benzene rings is 2. The lowest BCUT2D eigenvalue weighted by molar-refractivity contribution is 0.187. The molecule has 1 saturated carbocycles. The third kappa shape index (κ3) is 4.08. The van der Waals surface area contributed by atoms with E-state index in [0.29, 0.717) is 5.56 Å². The minimum atomic E-state index is -0.311. The second-order valence-corrected chi connectivity index (χ2v) is 10.3. The summed E-state index contributed by atoms with van der Waals surface area (Å²) in [6, 6.07) is 14.9. The maximum Gasteiger partial charge on any atom is 0.253 e. The summed E-state index contributed by atoms with van der Waals surface area (Å²) in [6.45, 7) is 5.76. The van der Waals surface area contributed by atoms with Crippen molar-refractivity contribution in [2.45, 2.75) is 71.0 Å². The van der Waals surface area contributed by atoms with Gasteiger partial charge in [0.05, 0.1) is 11.6 Å². The number of fused-ring (bicyclic) bond motifs is 2. The molecule has 1 atom stereocenters. The molecule has 7 heteroatoms. The molecule has 0 radical (unpaired) electrons. The molecule has 1 aliphatic carbocycles. The molecule has 2 aromatic heterocycles. The zero-order chi connectivity index (χ0) is 23.9. The lowest BCUT2D eigenvalue weighted by Gasteiger charge is -2.35. The van der Waals surface area contributed by atoms with Gasteiger partial charge < -0.3 is 4.98 Å². The molecule has 0 amide bonds. The van der Waals surface area contributed by atoms with Gasteiger partial charge in [0.1, 0.15) is 6.04 Å². The molecular formula is C28H32N6O. The van der Waals surface area contributed by atoms with Gasteiger partial charge in [-0.25, -0.2) is 4.68 Å². The quantitative estimate of drug-likeness (QED) is 0.466. The molecule has 180 valence electrons. The highest BCUT2D eigenvalue weighted by Gasteiger charge is 2.34.